The van der Waals surface area contributed by atoms with Crippen LogP contribution in [0.1, 0.15) is 37.6 Å². The standard InChI is InChI=1S/C13H14F4O2/c1-12(2,3)7-10(18)8-4-5-11(9(14)6-8)19-13(15,16)17/h4-6H,7H2,1-3H3. The van der Waals surface area contributed by atoms with Crippen molar-refractivity contribution in [1.82, 2.24) is 0 Å². The van der Waals surface area contributed by atoms with Gasteiger partial charge in [-0.1, -0.05) is 20.8 Å². The van der Waals surface area contributed by atoms with E-state index in [0.29, 0.717) is 0 Å². The van der Waals surface area contributed by atoms with Gasteiger partial charge in [-0.15, -0.1) is 13.2 Å². The number of ether oxygens (including phenoxy) is 1. The van der Waals surface area contributed by atoms with Crippen LogP contribution in [0.3, 0.4) is 0 Å². The van der Waals surface area contributed by atoms with Gasteiger partial charge >= 0.3 is 6.36 Å². The van der Waals surface area contributed by atoms with Crippen LogP contribution in [0.25, 0.3) is 0 Å². The first kappa shape index (κ1) is 15.5. The Kier molecular flexibility index (Phi) is 4.22. The van der Waals surface area contributed by atoms with Gasteiger partial charge < -0.3 is 4.74 Å². The lowest BCUT2D eigenvalue weighted by Gasteiger charge is -2.17. The van der Waals surface area contributed by atoms with Crippen LogP contribution in [0.4, 0.5) is 17.6 Å². The lowest BCUT2D eigenvalue weighted by atomic mass is 9.88. The molecule has 0 saturated carbocycles. The highest BCUT2D eigenvalue weighted by molar-refractivity contribution is 5.96. The molecule has 0 bridgehead atoms. The summed E-state index contributed by atoms with van der Waals surface area (Å²) in [6.45, 7) is 5.51. The minimum atomic E-state index is -4.96. The van der Waals surface area contributed by atoms with Crippen LogP contribution in [0, 0.1) is 11.2 Å². The van der Waals surface area contributed by atoms with Crippen molar-refractivity contribution < 1.29 is 27.1 Å². The van der Waals surface area contributed by atoms with E-state index in [1.54, 1.807) is 0 Å². The van der Waals surface area contributed by atoms with Gasteiger partial charge in [-0.2, -0.15) is 0 Å². The number of Topliss-reactive ketones (excluding diaryl/α,β-unsaturated/α-hetero) is 1. The van der Waals surface area contributed by atoms with Crippen LogP contribution in [0.15, 0.2) is 18.2 Å². The summed E-state index contributed by atoms with van der Waals surface area (Å²) < 4.78 is 52.7. The third-order valence-electron chi connectivity index (χ3n) is 2.17. The number of benzene rings is 1. The molecule has 0 amide bonds. The smallest absolute Gasteiger partial charge is 0.403 e. The van der Waals surface area contributed by atoms with Gasteiger partial charge in [-0.25, -0.2) is 4.39 Å². The van der Waals surface area contributed by atoms with E-state index in [2.05, 4.69) is 4.74 Å². The predicted octanol–water partition coefficient (Wildman–Crippen LogP) is 4.34. The maximum Gasteiger partial charge on any atom is 0.573 e. The maximum absolute atomic E-state index is 13.4. The number of carbonyl (C=O) groups is 1. The molecule has 0 atom stereocenters. The van der Waals surface area contributed by atoms with Crippen molar-refractivity contribution in [2.24, 2.45) is 5.41 Å². The molecule has 1 aromatic carbocycles. The van der Waals surface area contributed by atoms with Crippen LogP contribution in [-0.2, 0) is 0 Å². The van der Waals surface area contributed by atoms with Crippen LogP contribution >= 0.6 is 0 Å². The quantitative estimate of drug-likeness (QED) is 0.607. The van der Waals surface area contributed by atoms with E-state index in [1.165, 1.54) is 0 Å². The Morgan fingerprint density at radius 1 is 1.21 bits per heavy atom. The summed E-state index contributed by atoms with van der Waals surface area (Å²) in [5, 5.41) is 0. The number of hydrogen-bond acceptors (Lipinski definition) is 2. The van der Waals surface area contributed by atoms with Crippen molar-refractivity contribution in [3.05, 3.63) is 29.6 Å². The minimum absolute atomic E-state index is 0.0296. The van der Waals surface area contributed by atoms with Crippen LogP contribution in [0.5, 0.6) is 5.75 Å². The molecule has 0 N–H and O–H groups in total. The van der Waals surface area contributed by atoms with Crippen LogP contribution < -0.4 is 4.74 Å². The molecule has 1 aromatic rings. The molecule has 106 valence electrons. The summed E-state index contributed by atoms with van der Waals surface area (Å²) in [5.41, 5.74) is -0.253. The van der Waals surface area contributed by atoms with Crippen LogP contribution in [-0.4, -0.2) is 12.1 Å². The highest BCUT2D eigenvalue weighted by Crippen LogP contribution is 2.27. The van der Waals surface area contributed by atoms with Crippen molar-refractivity contribution in [1.29, 1.82) is 0 Å². The Bertz CT molecular complexity index is 473. The van der Waals surface area contributed by atoms with E-state index in [0.717, 1.165) is 18.2 Å². The molecule has 0 aliphatic heterocycles. The molecule has 2 nitrogen and oxygen atoms in total. The second-order valence-corrected chi connectivity index (χ2v) is 5.35. The maximum atomic E-state index is 13.4. The monoisotopic (exact) mass is 278 g/mol. The third-order valence-corrected chi connectivity index (χ3v) is 2.17. The van der Waals surface area contributed by atoms with Gasteiger partial charge in [0.15, 0.2) is 17.3 Å². The van der Waals surface area contributed by atoms with E-state index in [-0.39, 0.29) is 23.2 Å². The second-order valence-electron chi connectivity index (χ2n) is 5.35. The molecule has 6 heteroatoms. The van der Waals surface area contributed by atoms with Crippen LogP contribution in [0.2, 0.25) is 0 Å². The molecule has 0 fully saturated rings. The molecule has 0 heterocycles. The topological polar surface area (TPSA) is 26.3 Å². The summed E-state index contributed by atoms with van der Waals surface area (Å²) in [7, 11) is 0. The molecular weight excluding hydrogens is 264 g/mol. The van der Waals surface area contributed by atoms with Crippen molar-refractivity contribution >= 4 is 5.78 Å². The molecule has 0 radical (unpaired) electrons. The number of carbonyl (C=O) groups excluding carboxylic acids is 1. The zero-order valence-corrected chi connectivity index (χ0v) is 10.8. The average Bonchev–Trinajstić information content (AvgIpc) is 2.16. The molecule has 0 aliphatic rings. The minimum Gasteiger partial charge on any atom is -0.403 e. The van der Waals surface area contributed by atoms with Gasteiger partial charge in [0.05, 0.1) is 0 Å². The fourth-order valence-corrected chi connectivity index (χ4v) is 1.47. The Morgan fingerprint density at radius 3 is 2.21 bits per heavy atom. The molecule has 0 aliphatic carbocycles. The van der Waals surface area contributed by atoms with Crippen molar-refractivity contribution in [2.45, 2.75) is 33.6 Å². The third kappa shape index (κ3) is 5.28. The Balaban J connectivity index is 2.91. The zero-order valence-electron chi connectivity index (χ0n) is 10.8. The molecule has 0 unspecified atom stereocenters. The summed E-state index contributed by atoms with van der Waals surface area (Å²) in [6.07, 6.45) is -4.79. The van der Waals surface area contributed by atoms with Gasteiger partial charge in [0.25, 0.3) is 0 Å². The highest BCUT2D eigenvalue weighted by Gasteiger charge is 2.32. The van der Waals surface area contributed by atoms with Crippen molar-refractivity contribution in [3.8, 4) is 5.75 Å². The number of hydrogen-bond donors (Lipinski definition) is 0. The number of rotatable bonds is 3. The SMILES string of the molecule is CC(C)(C)CC(=O)c1ccc(OC(F)(F)F)c(F)c1. The molecule has 1 rings (SSSR count). The Morgan fingerprint density at radius 2 is 1.79 bits per heavy atom. The molecule has 0 spiro atoms. The molecular formula is C13H14F4O2. The van der Waals surface area contributed by atoms with Crippen molar-refractivity contribution in [3.63, 3.8) is 0 Å². The summed E-state index contributed by atoms with van der Waals surface area (Å²) in [4.78, 5) is 11.8. The normalized spacial score (nSPS) is 12.4. The van der Waals surface area contributed by atoms with Crippen molar-refractivity contribution in [2.75, 3.05) is 0 Å². The Labute approximate surface area is 108 Å². The average molecular weight is 278 g/mol. The molecule has 0 aromatic heterocycles. The van der Waals surface area contributed by atoms with Gasteiger partial charge in [0, 0.05) is 12.0 Å². The van der Waals surface area contributed by atoms with Gasteiger partial charge in [0.1, 0.15) is 0 Å². The van der Waals surface area contributed by atoms with E-state index in [9.17, 15) is 22.4 Å². The second kappa shape index (κ2) is 5.19. The lowest BCUT2D eigenvalue weighted by molar-refractivity contribution is -0.275. The molecule has 0 saturated heterocycles. The lowest BCUT2D eigenvalue weighted by Crippen LogP contribution is -2.18. The first-order valence-electron chi connectivity index (χ1n) is 5.56. The fraction of sp³-hybridized carbons (Fsp3) is 0.462. The first-order valence-corrected chi connectivity index (χ1v) is 5.56. The predicted molar refractivity (Wildman–Crippen MR) is 61.5 cm³/mol. The summed E-state index contributed by atoms with van der Waals surface area (Å²) >= 11 is 0. The first-order chi connectivity index (χ1) is 8.48. The summed E-state index contributed by atoms with van der Waals surface area (Å²) in [6, 6.07) is 2.69. The fourth-order valence-electron chi connectivity index (χ4n) is 1.47. The van der Waals surface area contributed by atoms with Gasteiger partial charge in [-0.05, 0) is 23.6 Å². The summed E-state index contributed by atoms with van der Waals surface area (Å²) in [5.74, 6) is -2.48. The van der Waals surface area contributed by atoms with E-state index < -0.39 is 17.9 Å². The van der Waals surface area contributed by atoms with E-state index in [4.69, 9.17) is 0 Å². The Hall–Kier alpha value is -1.59. The largest absolute Gasteiger partial charge is 0.573 e. The molecule has 19 heavy (non-hydrogen) atoms. The van der Waals surface area contributed by atoms with E-state index >= 15 is 0 Å². The zero-order chi connectivity index (χ0) is 14.8. The van der Waals surface area contributed by atoms with Gasteiger partial charge in [0.2, 0.25) is 0 Å². The number of alkyl halides is 3. The number of ketones is 1. The van der Waals surface area contributed by atoms with E-state index in [1.807, 2.05) is 20.8 Å². The number of halogens is 4. The van der Waals surface area contributed by atoms with Gasteiger partial charge in [-0.3, -0.25) is 4.79 Å². The highest BCUT2D eigenvalue weighted by atomic mass is 19.4.